The fraction of sp³-hybridized carbons (Fsp3) is 1.00. The summed E-state index contributed by atoms with van der Waals surface area (Å²) in [5.41, 5.74) is 0. The van der Waals surface area contributed by atoms with E-state index in [4.69, 9.17) is 13.3 Å². The maximum atomic E-state index is 5.60. The SMILES string of the molecule is C[Si]12OCCCC(CO1)O2. The van der Waals surface area contributed by atoms with Crippen LogP contribution in [0.25, 0.3) is 0 Å². The summed E-state index contributed by atoms with van der Waals surface area (Å²) in [6, 6.07) is 0. The zero-order valence-electron chi connectivity index (χ0n) is 6.13. The first-order chi connectivity index (χ1) is 4.79. The quantitative estimate of drug-likeness (QED) is 0.490. The Morgan fingerprint density at radius 2 is 2.30 bits per heavy atom. The number of hydrogen-bond donors (Lipinski definition) is 0. The van der Waals surface area contributed by atoms with Gasteiger partial charge in [0, 0.05) is 13.2 Å². The summed E-state index contributed by atoms with van der Waals surface area (Å²) >= 11 is 0. The lowest BCUT2D eigenvalue weighted by Crippen LogP contribution is -2.36. The van der Waals surface area contributed by atoms with Crippen molar-refractivity contribution in [3.63, 3.8) is 0 Å². The lowest BCUT2D eigenvalue weighted by molar-refractivity contribution is 0.157. The summed E-state index contributed by atoms with van der Waals surface area (Å²) in [6.45, 7) is 3.54. The Morgan fingerprint density at radius 3 is 3.20 bits per heavy atom. The summed E-state index contributed by atoms with van der Waals surface area (Å²) in [7, 11) is -2.09. The van der Waals surface area contributed by atoms with E-state index in [1.165, 1.54) is 0 Å². The van der Waals surface area contributed by atoms with Crippen LogP contribution in [0.1, 0.15) is 12.8 Å². The van der Waals surface area contributed by atoms with Gasteiger partial charge in [-0.2, -0.15) is 0 Å². The van der Waals surface area contributed by atoms with E-state index in [2.05, 4.69) is 0 Å². The van der Waals surface area contributed by atoms with Gasteiger partial charge < -0.3 is 13.3 Å². The van der Waals surface area contributed by atoms with Gasteiger partial charge in [0.25, 0.3) is 0 Å². The van der Waals surface area contributed by atoms with Gasteiger partial charge in [-0.05, 0) is 12.8 Å². The minimum atomic E-state index is -2.09. The molecule has 2 rings (SSSR count). The molecular weight excluding hydrogens is 148 g/mol. The Balaban J connectivity index is 2.09. The largest absolute Gasteiger partial charge is 0.498 e. The summed E-state index contributed by atoms with van der Waals surface area (Å²) < 4.78 is 16.5. The molecule has 2 atom stereocenters. The zero-order valence-corrected chi connectivity index (χ0v) is 7.13. The first kappa shape index (κ1) is 6.79. The molecule has 0 aromatic carbocycles. The zero-order chi connectivity index (χ0) is 7.03. The van der Waals surface area contributed by atoms with Crippen molar-refractivity contribution in [1.82, 2.24) is 0 Å². The third-order valence-electron chi connectivity index (χ3n) is 1.95. The highest BCUT2D eigenvalue weighted by molar-refractivity contribution is 6.59. The van der Waals surface area contributed by atoms with E-state index in [0.29, 0.717) is 6.10 Å². The molecular formula is C6H12O3Si. The van der Waals surface area contributed by atoms with E-state index in [-0.39, 0.29) is 0 Å². The van der Waals surface area contributed by atoms with Gasteiger partial charge in [0.1, 0.15) is 0 Å². The van der Waals surface area contributed by atoms with E-state index >= 15 is 0 Å². The topological polar surface area (TPSA) is 27.7 Å². The van der Waals surface area contributed by atoms with Crippen LogP contribution in [0.2, 0.25) is 6.55 Å². The molecule has 0 aromatic heterocycles. The molecule has 2 saturated heterocycles. The smallest absolute Gasteiger partial charge is 0.374 e. The van der Waals surface area contributed by atoms with Crippen LogP contribution in [0, 0.1) is 0 Å². The van der Waals surface area contributed by atoms with Crippen LogP contribution in [0.3, 0.4) is 0 Å². The molecule has 0 spiro atoms. The Morgan fingerprint density at radius 1 is 1.40 bits per heavy atom. The first-order valence-corrected chi connectivity index (χ1v) is 5.97. The molecule has 0 amide bonds. The minimum absolute atomic E-state index is 0.333. The lowest BCUT2D eigenvalue weighted by Gasteiger charge is -2.15. The molecule has 2 fully saturated rings. The maximum absolute atomic E-state index is 5.60. The van der Waals surface area contributed by atoms with Gasteiger partial charge >= 0.3 is 8.80 Å². The van der Waals surface area contributed by atoms with Crippen LogP contribution < -0.4 is 0 Å². The van der Waals surface area contributed by atoms with Crippen molar-refractivity contribution in [3.05, 3.63) is 0 Å². The van der Waals surface area contributed by atoms with Crippen molar-refractivity contribution in [2.24, 2.45) is 0 Å². The second-order valence-corrected chi connectivity index (χ2v) is 5.44. The molecule has 0 saturated carbocycles. The lowest BCUT2D eigenvalue weighted by atomic mass is 10.2. The van der Waals surface area contributed by atoms with Gasteiger partial charge in [-0.15, -0.1) is 0 Å². The van der Waals surface area contributed by atoms with Crippen LogP contribution in [0.5, 0.6) is 0 Å². The second kappa shape index (κ2) is 2.30. The van der Waals surface area contributed by atoms with Gasteiger partial charge in [0.2, 0.25) is 0 Å². The van der Waals surface area contributed by atoms with E-state index in [9.17, 15) is 0 Å². The van der Waals surface area contributed by atoms with Gasteiger partial charge in [-0.3, -0.25) is 0 Å². The fourth-order valence-electron chi connectivity index (χ4n) is 1.40. The maximum Gasteiger partial charge on any atom is 0.498 e. The molecule has 0 radical (unpaired) electrons. The molecule has 2 unspecified atom stereocenters. The third-order valence-corrected chi connectivity index (χ3v) is 4.13. The molecule has 2 bridgehead atoms. The van der Waals surface area contributed by atoms with Crippen LogP contribution >= 0.6 is 0 Å². The third kappa shape index (κ3) is 1.12. The fourth-order valence-corrected chi connectivity index (χ4v) is 3.42. The van der Waals surface area contributed by atoms with E-state index in [1.807, 2.05) is 6.55 Å². The van der Waals surface area contributed by atoms with Crippen LogP contribution in [0.15, 0.2) is 0 Å². The van der Waals surface area contributed by atoms with Crippen molar-refractivity contribution >= 4 is 8.80 Å². The Bertz CT molecular complexity index is 139. The molecule has 58 valence electrons. The molecule has 0 aliphatic carbocycles. The minimum Gasteiger partial charge on any atom is -0.374 e. The predicted octanol–water partition coefficient (Wildman–Crippen LogP) is 0.781. The number of rotatable bonds is 0. The highest BCUT2D eigenvalue weighted by atomic mass is 28.4. The van der Waals surface area contributed by atoms with Crippen molar-refractivity contribution in [2.75, 3.05) is 13.2 Å². The standard InChI is InChI=1S/C6H12O3Si/c1-10-7-4-2-3-6(9-10)5-8-10/h6H,2-5H2,1H3. The Kier molecular flexibility index (Phi) is 1.56. The van der Waals surface area contributed by atoms with Crippen LogP contribution in [0.4, 0.5) is 0 Å². The Labute approximate surface area is 61.6 Å². The van der Waals surface area contributed by atoms with Gasteiger partial charge in [0.05, 0.1) is 12.7 Å². The summed E-state index contributed by atoms with van der Waals surface area (Å²) in [5.74, 6) is 0. The first-order valence-electron chi connectivity index (χ1n) is 3.74. The van der Waals surface area contributed by atoms with Crippen molar-refractivity contribution in [1.29, 1.82) is 0 Å². The van der Waals surface area contributed by atoms with Gasteiger partial charge in [-0.25, -0.2) is 0 Å². The molecule has 2 heterocycles. The van der Waals surface area contributed by atoms with E-state index in [1.54, 1.807) is 0 Å². The van der Waals surface area contributed by atoms with Crippen molar-refractivity contribution in [3.8, 4) is 0 Å². The normalized spacial score (nSPS) is 47.1. The highest BCUT2D eigenvalue weighted by Crippen LogP contribution is 2.26. The molecule has 2 aliphatic rings. The monoisotopic (exact) mass is 160 g/mol. The van der Waals surface area contributed by atoms with E-state index in [0.717, 1.165) is 26.1 Å². The van der Waals surface area contributed by atoms with E-state index < -0.39 is 8.80 Å². The van der Waals surface area contributed by atoms with Crippen LogP contribution in [-0.4, -0.2) is 28.1 Å². The summed E-state index contributed by atoms with van der Waals surface area (Å²) in [4.78, 5) is 0. The summed E-state index contributed by atoms with van der Waals surface area (Å²) in [5, 5.41) is 0. The number of fused-ring (bicyclic) bond motifs is 2. The molecule has 2 aliphatic heterocycles. The molecule has 3 nitrogen and oxygen atoms in total. The molecule has 0 aromatic rings. The molecule has 0 N–H and O–H groups in total. The average Bonchev–Trinajstić information content (AvgIpc) is 2.11. The molecule has 10 heavy (non-hydrogen) atoms. The average molecular weight is 160 g/mol. The number of hydrogen-bond acceptors (Lipinski definition) is 3. The Hall–Kier alpha value is 0.0969. The predicted molar refractivity (Wildman–Crippen MR) is 37.6 cm³/mol. The van der Waals surface area contributed by atoms with Gasteiger partial charge in [-0.1, -0.05) is 0 Å². The second-order valence-electron chi connectivity index (χ2n) is 2.90. The van der Waals surface area contributed by atoms with Gasteiger partial charge in [0.15, 0.2) is 0 Å². The summed E-state index contributed by atoms with van der Waals surface area (Å²) in [6.07, 6.45) is 2.55. The van der Waals surface area contributed by atoms with Crippen molar-refractivity contribution < 1.29 is 13.3 Å². The highest BCUT2D eigenvalue weighted by Gasteiger charge is 2.45. The van der Waals surface area contributed by atoms with Crippen LogP contribution in [-0.2, 0) is 13.3 Å². The van der Waals surface area contributed by atoms with Crippen molar-refractivity contribution in [2.45, 2.75) is 25.5 Å². The molecule has 4 heteroatoms.